The van der Waals surface area contributed by atoms with E-state index in [0.717, 1.165) is 35.8 Å². The van der Waals surface area contributed by atoms with E-state index < -0.39 is 20.9 Å². The number of benzene rings is 1. The van der Waals surface area contributed by atoms with Gasteiger partial charge in [0, 0.05) is 0 Å². The Balaban J connectivity index is 2.02. The van der Waals surface area contributed by atoms with Crippen molar-refractivity contribution in [3.63, 3.8) is 0 Å². The molecule has 2 unspecified atom stereocenters. The molecule has 0 saturated heterocycles. The normalized spacial score (nSPS) is 21.3. The molecule has 1 aliphatic rings. The summed E-state index contributed by atoms with van der Waals surface area (Å²) in [4.78, 5) is 12.7. The Morgan fingerprint density at radius 1 is 1.27 bits per heavy atom. The molecule has 0 N–H and O–H groups in total. The Hall–Kier alpha value is -0.450. The molecule has 0 radical (unpaired) electrons. The van der Waals surface area contributed by atoms with Crippen LogP contribution in [0.3, 0.4) is 0 Å². The predicted molar refractivity (Wildman–Crippen MR) is 141 cm³/mol. The molecule has 8 heteroatoms. The molecule has 0 bridgehead atoms. The second-order valence-corrected chi connectivity index (χ2v) is 21.9. The second-order valence-electron chi connectivity index (χ2n) is 9.29. The Morgan fingerprint density at radius 3 is 2.58 bits per heavy atom. The van der Waals surface area contributed by atoms with Crippen LogP contribution in [0.2, 0.25) is 19.1 Å². The molecular formula is C25H35Cl3O3RuSi. The SMILES string of the molecule is C=CC1CCC(/C=C/C[Si](C)(C)Cl)[C@H]1OC(=O)CCc1ccc(OC(C)C)c([CH]=[Ru]([Cl])[Cl])c1. The summed E-state index contributed by atoms with van der Waals surface area (Å²) in [6.45, 7) is 12.2. The van der Waals surface area contributed by atoms with Crippen LogP contribution >= 0.6 is 30.5 Å². The summed E-state index contributed by atoms with van der Waals surface area (Å²) in [6, 6.07) is 6.81. The van der Waals surface area contributed by atoms with Crippen molar-refractivity contribution in [2.24, 2.45) is 11.8 Å². The third kappa shape index (κ3) is 10.4. The van der Waals surface area contributed by atoms with E-state index >= 15 is 0 Å². The standard InChI is InChI=1S/C25H35ClO3Si.2ClH.Ru/c1-7-21-12-13-22(9-8-16-30(5,6)26)25(21)29-24(27)15-11-20-10-14-23(19(4)17-20)28-18(2)3;;;/h4,7-10,14,17-18,21-22,25H,1,11-13,15-16H2,2-3,5-6H3;2*1H;/q;;;+2/p-2/b9-8+;;;/t21?,22?,25-;;;/m0.../s1. The van der Waals surface area contributed by atoms with E-state index in [4.69, 9.17) is 39.9 Å². The molecule has 1 aromatic rings. The Morgan fingerprint density at radius 2 is 1.97 bits per heavy atom. The Bertz CT molecular complexity index is 876. The minimum atomic E-state index is -2.01. The molecule has 1 aromatic carbocycles. The van der Waals surface area contributed by atoms with E-state index in [1.165, 1.54) is 0 Å². The first-order valence-electron chi connectivity index (χ1n) is 11.3. The van der Waals surface area contributed by atoms with Crippen molar-refractivity contribution in [2.75, 3.05) is 0 Å². The van der Waals surface area contributed by atoms with Crippen molar-refractivity contribution in [1.29, 1.82) is 0 Å². The van der Waals surface area contributed by atoms with Crippen LogP contribution in [0.25, 0.3) is 0 Å². The van der Waals surface area contributed by atoms with E-state index in [-0.39, 0.29) is 30.0 Å². The van der Waals surface area contributed by atoms with Gasteiger partial charge in [0.05, 0.1) is 0 Å². The number of halogens is 3. The van der Waals surface area contributed by atoms with Crippen LogP contribution in [-0.4, -0.2) is 30.2 Å². The Kier molecular flexibility index (Phi) is 11.9. The Labute approximate surface area is 217 Å². The van der Waals surface area contributed by atoms with Crippen molar-refractivity contribution in [2.45, 2.75) is 70.9 Å². The molecule has 0 aliphatic heterocycles. The van der Waals surface area contributed by atoms with Gasteiger partial charge in [-0.1, -0.05) is 13.1 Å². The molecule has 1 saturated carbocycles. The molecule has 0 amide bonds. The van der Waals surface area contributed by atoms with Crippen LogP contribution in [0.5, 0.6) is 5.75 Å². The molecule has 1 fully saturated rings. The van der Waals surface area contributed by atoms with E-state index in [2.05, 4.69) is 31.8 Å². The molecule has 0 spiro atoms. The van der Waals surface area contributed by atoms with Crippen LogP contribution in [-0.2, 0) is 29.5 Å². The van der Waals surface area contributed by atoms with Gasteiger partial charge >= 0.3 is 181 Å². The molecule has 0 aromatic heterocycles. The average Bonchev–Trinajstić information content (AvgIpc) is 3.08. The molecule has 3 nitrogen and oxygen atoms in total. The van der Waals surface area contributed by atoms with Crippen LogP contribution in [0.1, 0.15) is 44.2 Å². The number of allylic oxidation sites excluding steroid dienone is 1. The first-order chi connectivity index (χ1) is 15.5. The summed E-state index contributed by atoms with van der Waals surface area (Å²) in [6.07, 6.45) is 9.03. The van der Waals surface area contributed by atoms with Crippen LogP contribution < -0.4 is 4.74 Å². The molecular weight excluding hydrogens is 584 g/mol. The van der Waals surface area contributed by atoms with E-state index in [1.54, 1.807) is 0 Å². The van der Waals surface area contributed by atoms with Gasteiger partial charge in [-0.15, -0.1) is 0 Å². The number of carbonyl (C=O) groups excluding carboxylic acids is 1. The minimum absolute atomic E-state index is 0.0494. The number of rotatable bonds is 11. The topological polar surface area (TPSA) is 35.5 Å². The zero-order chi connectivity index (χ0) is 24.6. The fraction of sp³-hybridized carbons (Fsp3) is 0.520. The van der Waals surface area contributed by atoms with E-state index in [9.17, 15) is 4.79 Å². The van der Waals surface area contributed by atoms with Crippen molar-refractivity contribution >= 4 is 48.4 Å². The summed E-state index contributed by atoms with van der Waals surface area (Å²) >= 11 is 4.42. The van der Waals surface area contributed by atoms with Crippen LogP contribution in [0.15, 0.2) is 43.0 Å². The number of hydrogen-bond acceptors (Lipinski definition) is 3. The van der Waals surface area contributed by atoms with E-state index in [0.29, 0.717) is 12.8 Å². The molecule has 2 rings (SSSR count). The van der Waals surface area contributed by atoms with Gasteiger partial charge in [0.1, 0.15) is 0 Å². The van der Waals surface area contributed by atoms with E-state index in [1.807, 2.05) is 42.7 Å². The van der Waals surface area contributed by atoms with Crippen molar-refractivity contribution in [1.82, 2.24) is 0 Å². The van der Waals surface area contributed by atoms with Crippen molar-refractivity contribution in [3.8, 4) is 5.75 Å². The van der Waals surface area contributed by atoms with Gasteiger partial charge in [0.2, 0.25) is 0 Å². The van der Waals surface area contributed by atoms with Crippen LogP contribution in [0.4, 0.5) is 0 Å². The van der Waals surface area contributed by atoms with Crippen LogP contribution in [0, 0.1) is 11.8 Å². The number of esters is 1. The summed E-state index contributed by atoms with van der Waals surface area (Å²) < 4.78 is 13.7. The monoisotopic (exact) mass is 618 g/mol. The third-order valence-electron chi connectivity index (χ3n) is 5.48. The maximum atomic E-state index is 12.7. The van der Waals surface area contributed by atoms with Crippen molar-refractivity contribution < 1.29 is 27.8 Å². The zero-order valence-corrected chi connectivity index (χ0v) is 24.8. The first-order valence-corrected chi connectivity index (χ1v) is 21.0. The van der Waals surface area contributed by atoms with Gasteiger partial charge in [-0.3, -0.25) is 0 Å². The maximum absolute atomic E-state index is 12.7. The van der Waals surface area contributed by atoms with Gasteiger partial charge in [-0.05, 0) is 6.04 Å². The molecule has 33 heavy (non-hydrogen) atoms. The predicted octanol–water partition coefficient (Wildman–Crippen LogP) is 7.61. The molecule has 3 atom stereocenters. The molecule has 186 valence electrons. The third-order valence-corrected chi connectivity index (χ3v) is 8.98. The number of carbonyl (C=O) groups is 1. The van der Waals surface area contributed by atoms with Gasteiger partial charge in [0.15, 0.2) is 7.38 Å². The van der Waals surface area contributed by atoms with Gasteiger partial charge in [0.25, 0.3) is 0 Å². The first kappa shape index (κ1) is 28.8. The summed E-state index contributed by atoms with van der Waals surface area (Å²) in [5.74, 6) is 0.976. The van der Waals surface area contributed by atoms with Gasteiger partial charge in [-0.25, -0.2) is 0 Å². The number of aryl methyl sites for hydroxylation is 1. The molecule has 1 aliphatic carbocycles. The summed E-state index contributed by atoms with van der Waals surface area (Å²) in [7, 11) is 10.6. The zero-order valence-electron chi connectivity index (χ0n) is 19.8. The second kappa shape index (κ2) is 13.6. The van der Waals surface area contributed by atoms with Crippen molar-refractivity contribution in [3.05, 3.63) is 54.1 Å². The quantitative estimate of drug-likeness (QED) is 0.111. The summed E-state index contributed by atoms with van der Waals surface area (Å²) in [5, 5.41) is 0. The summed E-state index contributed by atoms with van der Waals surface area (Å²) in [5.41, 5.74) is 1.91. The van der Waals surface area contributed by atoms with Gasteiger partial charge in [-0.2, -0.15) is 11.1 Å². The fourth-order valence-corrected chi connectivity index (χ4v) is 6.67. The number of ether oxygens (including phenoxy) is 2. The number of hydrogen-bond donors (Lipinski definition) is 0. The average molecular weight is 619 g/mol. The molecule has 0 heterocycles. The fourth-order valence-electron chi connectivity index (χ4n) is 3.92. The van der Waals surface area contributed by atoms with Gasteiger partial charge < -0.3 is 0 Å².